The first-order chi connectivity index (χ1) is 10.5. The standard InChI is InChI=1S/C15H14N2O4S/c1-12-7-9-14(10-8-12)22(19,20)17-16-11-15(18)21-13-5-3-2-4-6-13/h2-11,17H,1H3/b16-11+. The van der Waals surface area contributed by atoms with Gasteiger partial charge in [-0.25, -0.2) is 4.79 Å². The van der Waals surface area contributed by atoms with E-state index in [-0.39, 0.29) is 4.90 Å². The van der Waals surface area contributed by atoms with Gasteiger partial charge in [-0.3, -0.25) is 0 Å². The number of carbonyl (C=O) groups excluding carboxylic acids is 1. The molecule has 0 fully saturated rings. The van der Waals surface area contributed by atoms with Crippen molar-refractivity contribution in [3.05, 3.63) is 60.2 Å². The van der Waals surface area contributed by atoms with E-state index in [9.17, 15) is 13.2 Å². The van der Waals surface area contributed by atoms with Crippen molar-refractivity contribution in [1.82, 2.24) is 4.83 Å². The normalized spacial score (nSPS) is 11.3. The summed E-state index contributed by atoms with van der Waals surface area (Å²) in [6.07, 6.45) is 0.763. The number of rotatable bonds is 5. The predicted octanol–water partition coefficient (Wildman–Crippen LogP) is 1.86. The molecule has 1 N–H and O–H groups in total. The van der Waals surface area contributed by atoms with Crippen LogP contribution in [0.5, 0.6) is 5.75 Å². The molecule has 0 amide bonds. The van der Waals surface area contributed by atoms with Crippen LogP contribution in [0.3, 0.4) is 0 Å². The van der Waals surface area contributed by atoms with Crippen molar-refractivity contribution in [2.75, 3.05) is 0 Å². The molecule has 0 bridgehead atoms. The highest BCUT2D eigenvalue weighted by atomic mass is 32.2. The molecule has 2 rings (SSSR count). The molecule has 0 saturated heterocycles. The van der Waals surface area contributed by atoms with Crippen molar-refractivity contribution in [2.24, 2.45) is 5.10 Å². The maximum absolute atomic E-state index is 11.9. The fourth-order valence-corrected chi connectivity index (χ4v) is 2.34. The molecule has 2 aromatic rings. The van der Waals surface area contributed by atoms with Crippen LogP contribution in [0.1, 0.15) is 5.56 Å². The second-order valence-electron chi connectivity index (χ2n) is 4.40. The molecule has 0 aliphatic heterocycles. The summed E-state index contributed by atoms with van der Waals surface area (Å²) < 4.78 is 28.7. The Balaban J connectivity index is 1.96. The van der Waals surface area contributed by atoms with E-state index in [1.807, 2.05) is 11.8 Å². The first-order valence-electron chi connectivity index (χ1n) is 6.36. The maximum Gasteiger partial charge on any atom is 0.356 e. The molecule has 6 nitrogen and oxygen atoms in total. The molecule has 2 aromatic carbocycles. The molecule has 0 unspecified atom stereocenters. The second-order valence-corrected chi connectivity index (χ2v) is 6.06. The number of nitrogens with zero attached hydrogens (tertiary/aromatic N) is 1. The number of nitrogens with one attached hydrogen (secondary N) is 1. The van der Waals surface area contributed by atoms with Crippen LogP contribution < -0.4 is 9.57 Å². The minimum absolute atomic E-state index is 0.0617. The van der Waals surface area contributed by atoms with Crippen molar-refractivity contribution in [3.8, 4) is 5.75 Å². The summed E-state index contributed by atoms with van der Waals surface area (Å²) in [6.45, 7) is 1.85. The van der Waals surface area contributed by atoms with Crippen LogP contribution in [-0.4, -0.2) is 20.6 Å². The summed E-state index contributed by atoms with van der Waals surface area (Å²) in [5, 5.41) is 3.40. The van der Waals surface area contributed by atoms with Gasteiger partial charge >= 0.3 is 5.97 Å². The van der Waals surface area contributed by atoms with Crippen LogP contribution in [0.25, 0.3) is 0 Å². The minimum Gasteiger partial charge on any atom is -0.422 e. The highest BCUT2D eigenvalue weighted by Crippen LogP contribution is 2.10. The van der Waals surface area contributed by atoms with Gasteiger partial charge in [-0.05, 0) is 31.2 Å². The lowest BCUT2D eigenvalue weighted by molar-refractivity contribution is -0.126. The van der Waals surface area contributed by atoms with Gasteiger partial charge in [0.15, 0.2) is 0 Å². The quantitative estimate of drug-likeness (QED) is 0.395. The molecule has 0 heterocycles. The van der Waals surface area contributed by atoms with Crippen molar-refractivity contribution in [1.29, 1.82) is 0 Å². The Hall–Kier alpha value is -2.67. The van der Waals surface area contributed by atoms with Gasteiger partial charge in [0.05, 0.1) is 4.90 Å². The molecule has 22 heavy (non-hydrogen) atoms. The summed E-state index contributed by atoms with van der Waals surface area (Å²) in [5.41, 5.74) is 0.939. The Morgan fingerprint density at radius 3 is 2.36 bits per heavy atom. The third kappa shape index (κ3) is 4.42. The van der Waals surface area contributed by atoms with Crippen LogP contribution in [0.4, 0.5) is 0 Å². The van der Waals surface area contributed by atoms with Crippen molar-refractivity contribution in [3.63, 3.8) is 0 Å². The van der Waals surface area contributed by atoms with Gasteiger partial charge in [0, 0.05) is 0 Å². The molecule has 7 heteroatoms. The largest absolute Gasteiger partial charge is 0.422 e. The predicted molar refractivity (Wildman–Crippen MR) is 82.1 cm³/mol. The van der Waals surface area contributed by atoms with Gasteiger partial charge in [-0.1, -0.05) is 35.9 Å². The van der Waals surface area contributed by atoms with E-state index in [0.717, 1.165) is 11.8 Å². The van der Waals surface area contributed by atoms with Crippen molar-refractivity contribution >= 4 is 22.2 Å². The van der Waals surface area contributed by atoms with Crippen LogP contribution >= 0.6 is 0 Å². The number of hydrogen-bond donors (Lipinski definition) is 1. The SMILES string of the molecule is Cc1ccc(S(=O)(=O)N/N=C/C(=O)Oc2ccccc2)cc1. The van der Waals surface area contributed by atoms with E-state index in [0.29, 0.717) is 5.75 Å². The number of esters is 1. The van der Waals surface area contributed by atoms with Crippen LogP contribution in [0.15, 0.2) is 64.6 Å². The maximum atomic E-state index is 11.9. The Bertz CT molecular complexity index is 769. The molecule has 0 aromatic heterocycles. The lowest BCUT2D eigenvalue weighted by Gasteiger charge is -2.03. The molecule has 0 saturated carbocycles. The minimum atomic E-state index is -3.80. The first kappa shape index (κ1) is 15.7. The first-order valence-corrected chi connectivity index (χ1v) is 7.84. The number of hydrogen-bond acceptors (Lipinski definition) is 5. The van der Waals surface area contributed by atoms with Crippen LogP contribution in [-0.2, 0) is 14.8 Å². The lowest BCUT2D eigenvalue weighted by Crippen LogP contribution is -2.20. The number of sulfonamides is 1. The van der Waals surface area contributed by atoms with E-state index in [1.165, 1.54) is 12.1 Å². The molecule has 0 aliphatic rings. The zero-order valence-electron chi connectivity index (χ0n) is 11.8. The monoisotopic (exact) mass is 318 g/mol. The summed E-state index contributed by atoms with van der Waals surface area (Å²) in [5.74, 6) is -0.432. The zero-order chi connectivity index (χ0) is 16.0. The highest BCUT2D eigenvalue weighted by Gasteiger charge is 2.12. The van der Waals surface area contributed by atoms with E-state index in [4.69, 9.17) is 4.74 Å². The third-order valence-electron chi connectivity index (χ3n) is 2.64. The molecular formula is C15H14N2O4S. The number of ether oxygens (including phenoxy) is 1. The summed E-state index contributed by atoms with van der Waals surface area (Å²) >= 11 is 0. The van der Waals surface area contributed by atoms with E-state index >= 15 is 0 Å². The zero-order valence-corrected chi connectivity index (χ0v) is 12.6. The van der Waals surface area contributed by atoms with E-state index in [2.05, 4.69) is 5.10 Å². The number of carbonyl (C=O) groups is 1. The summed E-state index contributed by atoms with van der Waals surface area (Å²) in [6, 6.07) is 14.6. The average Bonchev–Trinajstić information content (AvgIpc) is 2.48. The number of aryl methyl sites for hydroxylation is 1. The Morgan fingerprint density at radius 1 is 1.09 bits per heavy atom. The van der Waals surface area contributed by atoms with Crippen molar-refractivity contribution in [2.45, 2.75) is 11.8 Å². The smallest absolute Gasteiger partial charge is 0.356 e. The Kier molecular flexibility index (Phi) is 4.90. The van der Waals surface area contributed by atoms with Crippen LogP contribution in [0.2, 0.25) is 0 Å². The summed E-state index contributed by atoms with van der Waals surface area (Å²) in [4.78, 5) is 13.5. The molecule has 114 valence electrons. The molecule has 0 atom stereocenters. The van der Waals surface area contributed by atoms with Gasteiger partial charge in [-0.15, -0.1) is 0 Å². The topological polar surface area (TPSA) is 84.8 Å². The Labute approximate surface area is 128 Å². The van der Waals surface area contributed by atoms with Gasteiger partial charge < -0.3 is 4.74 Å². The third-order valence-corrected chi connectivity index (χ3v) is 3.87. The van der Waals surface area contributed by atoms with E-state index in [1.54, 1.807) is 42.5 Å². The summed E-state index contributed by atoms with van der Waals surface area (Å²) in [7, 11) is -3.80. The molecule has 0 spiro atoms. The van der Waals surface area contributed by atoms with Gasteiger partial charge in [0.2, 0.25) is 0 Å². The highest BCUT2D eigenvalue weighted by molar-refractivity contribution is 7.89. The Morgan fingerprint density at radius 2 is 1.73 bits per heavy atom. The molecular weight excluding hydrogens is 304 g/mol. The van der Waals surface area contributed by atoms with Gasteiger partial charge in [0.1, 0.15) is 12.0 Å². The van der Waals surface area contributed by atoms with Crippen LogP contribution in [0, 0.1) is 6.92 Å². The van der Waals surface area contributed by atoms with Crippen molar-refractivity contribution < 1.29 is 17.9 Å². The average molecular weight is 318 g/mol. The fraction of sp³-hybridized carbons (Fsp3) is 0.0667. The molecule has 0 radical (unpaired) electrons. The van der Waals surface area contributed by atoms with E-state index < -0.39 is 16.0 Å². The lowest BCUT2D eigenvalue weighted by atomic mass is 10.2. The fourth-order valence-electron chi connectivity index (χ4n) is 1.55. The number of benzene rings is 2. The number of para-hydroxylation sites is 1. The van der Waals surface area contributed by atoms with Gasteiger partial charge in [0.25, 0.3) is 10.0 Å². The number of hydrazone groups is 1. The van der Waals surface area contributed by atoms with Gasteiger partial charge in [-0.2, -0.15) is 18.4 Å². The second kappa shape index (κ2) is 6.86. The molecule has 0 aliphatic carbocycles.